The van der Waals surface area contributed by atoms with Crippen molar-refractivity contribution in [1.82, 2.24) is 0 Å². The van der Waals surface area contributed by atoms with Crippen LogP contribution in [0.2, 0.25) is 5.02 Å². The van der Waals surface area contributed by atoms with Crippen LogP contribution in [0.3, 0.4) is 0 Å². The predicted octanol–water partition coefficient (Wildman–Crippen LogP) is 1.97. The van der Waals surface area contributed by atoms with Gasteiger partial charge in [0, 0.05) is 0 Å². The summed E-state index contributed by atoms with van der Waals surface area (Å²) in [5, 5.41) is 20.7. The Balaban J connectivity index is 3.65. The first kappa shape index (κ1) is 11.1. The Morgan fingerprint density at radius 1 is 1.13 bits per heavy atom. The van der Waals surface area contributed by atoms with Gasteiger partial charge in [-0.15, -0.1) is 0 Å². The average Bonchev–Trinajstić information content (AvgIpc) is 2.16. The van der Waals surface area contributed by atoms with Crippen molar-refractivity contribution in [3.63, 3.8) is 0 Å². The fraction of sp³-hybridized carbons (Fsp3) is 0. The molecule has 0 aliphatic rings. The Kier molecular flexibility index (Phi) is 2.96. The molecule has 78 valence electrons. The van der Waals surface area contributed by atoms with Crippen LogP contribution in [0.1, 0.15) is 10.4 Å². The highest BCUT2D eigenvalue weighted by atomic mass is 35.5. The maximum Gasteiger partial charge on any atom is 0.365 e. The van der Waals surface area contributed by atoms with E-state index in [4.69, 9.17) is 11.6 Å². The minimum Gasteiger partial charge on any atom is -0.298 e. The summed E-state index contributed by atoms with van der Waals surface area (Å²) in [5.41, 5.74) is -2.13. The molecule has 1 aromatic carbocycles. The Morgan fingerprint density at radius 2 is 1.67 bits per heavy atom. The van der Waals surface area contributed by atoms with Gasteiger partial charge in [0.25, 0.3) is 0 Å². The van der Waals surface area contributed by atoms with Gasteiger partial charge in [-0.2, -0.15) is 0 Å². The van der Waals surface area contributed by atoms with Crippen molar-refractivity contribution in [1.29, 1.82) is 0 Å². The van der Waals surface area contributed by atoms with Crippen LogP contribution in [0.15, 0.2) is 12.1 Å². The maximum absolute atomic E-state index is 10.5. The highest BCUT2D eigenvalue weighted by Crippen LogP contribution is 2.36. The van der Waals surface area contributed by atoms with E-state index in [9.17, 15) is 25.0 Å². The van der Waals surface area contributed by atoms with Crippen LogP contribution in [-0.4, -0.2) is 16.1 Å². The second kappa shape index (κ2) is 4.01. The standard InChI is InChI=1S/C7H3ClN2O5/c8-5-2-1-4(3-11)6(9(12)13)7(5)10(14)15/h1-3H. The topological polar surface area (TPSA) is 103 Å². The normalized spacial score (nSPS) is 9.67. The molecule has 0 aromatic heterocycles. The van der Waals surface area contributed by atoms with Gasteiger partial charge in [0.15, 0.2) is 6.29 Å². The van der Waals surface area contributed by atoms with Gasteiger partial charge in [0.05, 0.1) is 15.4 Å². The van der Waals surface area contributed by atoms with Gasteiger partial charge in [-0.3, -0.25) is 25.0 Å². The summed E-state index contributed by atoms with van der Waals surface area (Å²) < 4.78 is 0. The number of rotatable bonds is 3. The van der Waals surface area contributed by atoms with Gasteiger partial charge < -0.3 is 0 Å². The van der Waals surface area contributed by atoms with Crippen molar-refractivity contribution in [2.24, 2.45) is 0 Å². The number of hydrogen-bond acceptors (Lipinski definition) is 5. The summed E-state index contributed by atoms with van der Waals surface area (Å²) in [6, 6.07) is 2.12. The number of carbonyl (C=O) groups excluding carboxylic acids is 1. The molecular formula is C7H3ClN2O5. The molecule has 0 unspecified atom stereocenters. The van der Waals surface area contributed by atoms with Crippen molar-refractivity contribution in [2.45, 2.75) is 0 Å². The number of nitro benzene ring substituents is 2. The van der Waals surface area contributed by atoms with Crippen molar-refractivity contribution >= 4 is 29.3 Å². The van der Waals surface area contributed by atoms with Gasteiger partial charge in [0.1, 0.15) is 5.02 Å². The molecule has 0 bridgehead atoms. The number of halogens is 1. The van der Waals surface area contributed by atoms with Crippen molar-refractivity contribution in [3.05, 3.63) is 42.9 Å². The second-order valence-electron chi connectivity index (χ2n) is 2.47. The molecule has 0 aliphatic heterocycles. The van der Waals surface area contributed by atoms with Gasteiger partial charge in [-0.1, -0.05) is 11.6 Å². The fourth-order valence-electron chi connectivity index (χ4n) is 1.03. The van der Waals surface area contributed by atoms with Crippen LogP contribution in [0.5, 0.6) is 0 Å². The largest absolute Gasteiger partial charge is 0.365 e. The van der Waals surface area contributed by atoms with Crippen LogP contribution in [-0.2, 0) is 0 Å². The first-order valence-electron chi connectivity index (χ1n) is 3.55. The van der Waals surface area contributed by atoms with Gasteiger partial charge in [-0.25, -0.2) is 0 Å². The Morgan fingerprint density at radius 3 is 2.07 bits per heavy atom. The Hall–Kier alpha value is -2.02. The molecule has 0 saturated carbocycles. The van der Waals surface area contributed by atoms with E-state index in [0.29, 0.717) is 0 Å². The minimum atomic E-state index is -1.01. The molecule has 0 amide bonds. The molecule has 0 aliphatic carbocycles. The zero-order chi connectivity index (χ0) is 11.6. The molecule has 8 heteroatoms. The summed E-state index contributed by atoms with van der Waals surface area (Å²) in [7, 11) is 0. The Labute approximate surface area is 87.6 Å². The lowest BCUT2D eigenvalue weighted by atomic mass is 10.1. The highest BCUT2D eigenvalue weighted by molar-refractivity contribution is 6.33. The van der Waals surface area contributed by atoms with E-state index >= 15 is 0 Å². The van der Waals surface area contributed by atoms with Crippen LogP contribution in [0.25, 0.3) is 0 Å². The molecule has 0 radical (unpaired) electrons. The lowest BCUT2D eigenvalue weighted by Gasteiger charge is -1.98. The molecule has 0 saturated heterocycles. The molecule has 0 fully saturated rings. The molecule has 7 nitrogen and oxygen atoms in total. The van der Waals surface area contributed by atoms with E-state index in [1.165, 1.54) is 0 Å². The lowest BCUT2D eigenvalue weighted by Crippen LogP contribution is -2.01. The number of nitro groups is 2. The third kappa shape index (κ3) is 1.91. The molecule has 0 heterocycles. The van der Waals surface area contributed by atoms with Gasteiger partial charge in [0.2, 0.25) is 0 Å². The van der Waals surface area contributed by atoms with E-state index < -0.39 is 21.2 Å². The second-order valence-corrected chi connectivity index (χ2v) is 2.87. The van der Waals surface area contributed by atoms with E-state index in [-0.39, 0.29) is 16.9 Å². The summed E-state index contributed by atoms with van der Waals surface area (Å²) in [6.07, 6.45) is 0.168. The zero-order valence-electron chi connectivity index (χ0n) is 7.05. The maximum atomic E-state index is 10.5. The molecule has 0 atom stereocenters. The number of carbonyl (C=O) groups is 1. The van der Waals surface area contributed by atoms with Crippen LogP contribution in [0, 0.1) is 20.2 Å². The monoisotopic (exact) mass is 230 g/mol. The summed E-state index contributed by atoms with van der Waals surface area (Å²) in [4.78, 5) is 29.5. The smallest absolute Gasteiger partial charge is 0.298 e. The van der Waals surface area contributed by atoms with Gasteiger partial charge in [-0.05, 0) is 12.1 Å². The first-order valence-corrected chi connectivity index (χ1v) is 3.93. The molecule has 1 aromatic rings. The molecule has 0 N–H and O–H groups in total. The summed E-state index contributed by atoms with van der Waals surface area (Å²) in [6.45, 7) is 0. The van der Waals surface area contributed by atoms with Crippen molar-refractivity contribution < 1.29 is 14.6 Å². The zero-order valence-corrected chi connectivity index (χ0v) is 7.80. The fourth-order valence-corrected chi connectivity index (χ4v) is 1.25. The highest BCUT2D eigenvalue weighted by Gasteiger charge is 2.31. The Bertz CT molecular complexity index is 459. The van der Waals surface area contributed by atoms with E-state index in [1.807, 2.05) is 0 Å². The van der Waals surface area contributed by atoms with Crippen LogP contribution >= 0.6 is 11.6 Å². The minimum absolute atomic E-state index is 0.168. The number of hydrogen-bond donors (Lipinski definition) is 0. The van der Waals surface area contributed by atoms with Crippen LogP contribution < -0.4 is 0 Å². The van der Waals surface area contributed by atoms with Crippen LogP contribution in [0.4, 0.5) is 11.4 Å². The lowest BCUT2D eigenvalue weighted by molar-refractivity contribution is -0.422. The van der Waals surface area contributed by atoms with E-state index in [1.54, 1.807) is 0 Å². The third-order valence-corrected chi connectivity index (χ3v) is 1.93. The van der Waals surface area contributed by atoms with E-state index in [2.05, 4.69) is 0 Å². The van der Waals surface area contributed by atoms with Crippen molar-refractivity contribution in [2.75, 3.05) is 0 Å². The number of benzene rings is 1. The van der Waals surface area contributed by atoms with Gasteiger partial charge >= 0.3 is 11.4 Å². The molecule has 15 heavy (non-hydrogen) atoms. The van der Waals surface area contributed by atoms with Crippen molar-refractivity contribution in [3.8, 4) is 0 Å². The summed E-state index contributed by atoms with van der Waals surface area (Å²) >= 11 is 5.44. The quantitative estimate of drug-likeness (QED) is 0.448. The molecular weight excluding hydrogens is 228 g/mol. The molecule has 1 rings (SSSR count). The predicted molar refractivity (Wildman–Crippen MR) is 50.1 cm³/mol. The molecule has 0 spiro atoms. The number of nitrogens with zero attached hydrogens (tertiary/aromatic N) is 2. The first-order chi connectivity index (χ1) is 6.99. The third-order valence-electron chi connectivity index (χ3n) is 1.63. The van der Waals surface area contributed by atoms with E-state index in [0.717, 1.165) is 12.1 Å². The SMILES string of the molecule is O=Cc1ccc(Cl)c([N+](=O)[O-])c1[N+](=O)[O-]. The number of aldehydes is 1. The average molecular weight is 231 g/mol. The summed E-state index contributed by atoms with van der Waals surface area (Å²) in [5.74, 6) is 0.